The molecular formula is C23H21F5O4S. The highest BCUT2D eigenvalue weighted by atomic mass is 32.2. The van der Waals surface area contributed by atoms with E-state index in [2.05, 4.69) is 0 Å². The number of carbonyl (C=O) groups excluding carboxylic acids is 1. The number of ketones is 1. The zero-order valence-corrected chi connectivity index (χ0v) is 18.4. The SMILES string of the molecule is CCC[C@@H]1C(=O)CC[C@@]2(S(=O)(=O)c3ccc(C(F)(F)F)cc3)c3c(F)ccc(F)c3OC[C@@H]12. The van der Waals surface area contributed by atoms with Gasteiger partial charge in [-0.1, -0.05) is 13.3 Å². The molecule has 4 nitrogen and oxygen atoms in total. The van der Waals surface area contributed by atoms with Crippen LogP contribution >= 0.6 is 0 Å². The van der Waals surface area contributed by atoms with Crippen molar-refractivity contribution >= 4 is 15.6 Å². The number of Topliss-reactive ketones (excluding diaryl/α,β-unsaturated/α-hetero) is 1. The second-order valence-corrected chi connectivity index (χ2v) is 10.6. The quantitative estimate of drug-likeness (QED) is 0.538. The lowest BCUT2D eigenvalue weighted by Gasteiger charge is -2.49. The molecule has 178 valence electrons. The minimum Gasteiger partial charge on any atom is -0.490 e. The third kappa shape index (κ3) is 3.53. The molecule has 1 aliphatic heterocycles. The number of sulfone groups is 1. The van der Waals surface area contributed by atoms with Crippen LogP contribution in [0.3, 0.4) is 0 Å². The predicted molar refractivity (Wildman–Crippen MR) is 108 cm³/mol. The summed E-state index contributed by atoms with van der Waals surface area (Å²) < 4.78 is 100. The molecule has 33 heavy (non-hydrogen) atoms. The Labute approximate surface area is 187 Å². The van der Waals surface area contributed by atoms with E-state index in [1.54, 1.807) is 0 Å². The van der Waals surface area contributed by atoms with Crippen LogP contribution in [0.5, 0.6) is 5.75 Å². The van der Waals surface area contributed by atoms with Gasteiger partial charge in [-0.3, -0.25) is 4.79 Å². The lowest BCUT2D eigenvalue weighted by Crippen LogP contribution is -2.56. The van der Waals surface area contributed by atoms with Gasteiger partial charge in [-0.15, -0.1) is 0 Å². The third-order valence-electron chi connectivity index (χ3n) is 6.70. The van der Waals surface area contributed by atoms with Crippen molar-refractivity contribution < 1.29 is 39.9 Å². The maximum atomic E-state index is 15.2. The molecule has 3 atom stereocenters. The van der Waals surface area contributed by atoms with E-state index < -0.39 is 66.0 Å². The number of ether oxygens (including phenoxy) is 1. The van der Waals surface area contributed by atoms with Crippen LogP contribution in [0.25, 0.3) is 0 Å². The lowest BCUT2D eigenvalue weighted by atomic mass is 9.65. The number of rotatable bonds is 4. The van der Waals surface area contributed by atoms with Gasteiger partial charge in [-0.05, 0) is 49.2 Å². The summed E-state index contributed by atoms with van der Waals surface area (Å²) in [4.78, 5) is 12.3. The molecule has 0 spiro atoms. The summed E-state index contributed by atoms with van der Waals surface area (Å²) in [6, 6.07) is 4.54. The molecule has 2 aromatic rings. The molecule has 2 aliphatic rings. The molecule has 1 heterocycles. The van der Waals surface area contributed by atoms with Gasteiger partial charge < -0.3 is 4.74 Å². The summed E-state index contributed by atoms with van der Waals surface area (Å²) in [6.45, 7) is 1.48. The van der Waals surface area contributed by atoms with Crippen molar-refractivity contribution in [1.29, 1.82) is 0 Å². The van der Waals surface area contributed by atoms with Gasteiger partial charge in [0, 0.05) is 18.3 Å². The van der Waals surface area contributed by atoms with Crippen LogP contribution in [-0.2, 0) is 25.6 Å². The Hall–Kier alpha value is -2.49. The average molecular weight is 488 g/mol. The fourth-order valence-corrected chi connectivity index (χ4v) is 7.58. The highest BCUT2D eigenvalue weighted by molar-refractivity contribution is 7.92. The number of carbonyl (C=O) groups is 1. The van der Waals surface area contributed by atoms with Gasteiger partial charge in [0.05, 0.1) is 22.6 Å². The lowest BCUT2D eigenvalue weighted by molar-refractivity contribution is -0.137. The second kappa shape index (κ2) is 8.07. The van der Waals surface area contributed by atoms with Gasteiger partial charge in [0.15, 0.2) is 21.4 Å². The molecule has 0 bridgehead atoms. The largest absolute Gasteiger partial charge is 0.490 e. The number of hydrogen-bond acceptors (Lipinski definition) is 4. The molecule has 10 heteroatoms. The smallest absolute Gasteiger partial charge is 0.416 e. The average Bonchev–Trinajstić information content (AvgIpc) is 2.77. The van der Waals surface area contributed by atoms with Gasteiger partial charge in [0.2, 0.25) is 0 Å². The first kappa shape index (κ1) is 23.7. The summed E-state index contributed by atoms with van der Waals surface area (Å²) in [6.07, 6.45) is -4.31. The van der Waals surface area contributed by atoms with Crippen molar-refractivity contribution in [2.24, 2.45) is 11.8 Å². The standard InChI is InChI=1S/C23H21F5O4S/c1-2-3-15-16-12-32-21-18(25)9-8-17(24)20(21)22(16,11-10-19(15)29)33(30,31)14-6-4-13(5-7-14)23(26,27)28/h4-9,15-16H,2-3,10-12H2,1H3/t15-,16-,22-/m0/s1. The van der Waals surface area contributed by atoms with E-state index in [1.165, 1.54) is 0 Å². The summed E-state index contributed by atoms with van der Waals surface area (Å²) in [5, 5.41) is 0. The first-order chi connectivity index (χ1) is 15.4. The normalized spacial score (nSPS) is 25.2. The monoisotopic (exact) mass is 488 g/mol. The first-order valence-electron chi connectivity index (χ1n) is 10.5. The van der Waals surface area contributed by atoms with Crippen LogP contribution in [0.1, 0.15) is 43.7 Å². The minimum absolute atomic E-state index is 0.184. The molecule has 0 saturated heterocycles. The molecule has 1 fully saturated rings. The molecule has 4 rings (SSSR count). The Bertz CT molecular complexity index is 1190. The van der Waals surface area contributed by atoms with Gasteiger partial charge in [-0.2, -0.15) is 13.2 Å². The number of halogens is 5. The minimum atomic E-state index is -4.67. The van der Waals surface area contributed by atoms with Crippen molar-refractivity contribution in [3.05, 3.63) is 59.2 Å². The van der Waals surface area contributed by atoms with E-state index in [1.807, 2.05) is 6.92 Å². The Morgan fingerprint density at radius 1 is 1.06 bits per heavy atom. The molecule has 0 unspecified atom stereocenters. The topological polar surface area (TPSA) is 60.4 Å². The zero-order valence-electron chi connectivity index (χ0n) is 17.6. The molecular weight excluding hydrogens is 467 g/mol. The van der Waals surface area contributed by atoms with E-state index >= 15 is 4.39 Å². The first-order valence-corrected chi connectivity index (χ1v) is 12.0. The van der Waals surface area contributed by atoms with E-state index in [0.717, 1.165) is 24.3 Å². The summed E-state index contributed by atoms with van der Waals surface area (Å²) in [5.74, 6) is -4.47. The maximum Gasteiger partial charge on any atom is 0.416 e. The van der Waals surface area contributed by atoms with Crippen molar-refractivity contribution in [1.82, 2.24) is 0 Å². The highest BCUT2D eigenvalue weighted by Gasteiger charge is 2.62. The summed E-state index contributed by atoms with van der Waals surface area (Å²) in [7, 11) is -4.58. The third-order valence-corrected chi connectivity index (χ3v) is 9.26. The second-order valence-electron chi connectivity index (χ2n) is 8.43. The number of benzene rings is 2. The number of hydrogen-bond donors (Lipinski definition) is 0. The molecule has 0 radical (unpaired) electrons. The fraction of sp³-hybridized carbons (Fsp3) is 0.435. The van der Waals surface area contributed by atoms with E-state index in [0.29, 0.717) is 25.0 Å². The van der Waals surface area contributed by atoms with Gasteiger partial charge in [0.25, 0.3) is 0 Å². The summed E-state index contributed by atoms with van der Waals surface area (Å²) in [5.41, 5.74) is -1.53. The van der Waals surface area contributed by atoms with Gasteiger partial charge in [-0.25, -0.2) is 17.2 Å². The number of alkyl halides is 3. The Morgan fingerprint density at radius 3 is 2.30 bits per heavy atom. The van der Waals surface area contributed by atoms with E-state index in [9.17, 15) is 30.8 Å². The predicted octanol–water partition coefficient (Wildman–Crippen LogP) is 5.44. The van der Waals surface area contributed by atoms with Crippen LogP contribution in [0.2, 0.25) is 0 Å². The molecule has 0 N–H and O–H groups in total. The van der Waals surface area contributed by atoms with Crippen LogP contribution in [-0.4, -0.2) is 20.8 Å². The van der Waals surface area contributed by atoms with Crippen molar-refractivity contribution in [3.8, 4) is 5.75 Å². The van der Waals surface area contributed by atoms with Crippen LogP contribution in [0, 0.1) is 23.5 Å². The Morgan fingerprint density at radius 2 is 1.70 bits per heavy atom. The Balaban J connectivity index is 1.99. The zero-order chi connectivity index (χ0) is 24.2. The molecule has 0 amide bonds. The van der Waals surface area contributed by atoms with E-state index in [4.69, 9.17) is 4.74 Å². The van der Waals surface area contributed by atoms with Gasteiger partial charge in [0.1, 0.15) is 16.3 Å². The molecule has 1 aliphatic carbocycles. The van der Waals surface area contributed by atoms with Crippen molar-refractivity contribution in [2.45, 2.75) is 48.4 Å². The van der Waals surface area contributed by atoms with Crippen LogP contribution in [0.15, 0.2) is 41.3 Å². The molecule has 1 saturated carbocycles. The maximum absolute atomic E-state index is 15.2. The van der Waals surface area contributed by atoms with Crippen LogP contribution < -0.4 is 4.74 Å². The fourth-order valence-electron chi connectivity index (χ4n) is 5.21. The van der Waals surface area contributed by atoms with Crippen molar-refractivity contribution in [3.63, 3.8) is 0 Å². The van der Waals surface area contributed by atoms with Crippen molar-refractivity contribution in [2.75, 3.05) is 6.61 Å². The molecule has 0 aromatic heterocycles. The Kier molecular flexibility index (Phi) is 5.79. The highest BCUT2D eigenvalue weighted by Crippen LogP contribution is 2.58. The molecule has 2 aromatic carbocycles. The number of fused-ring (bicyclic) bond motifs is 3. The summed E-state index contributed by atoms with van der Waals surface area (Å²) >= 11 is 0. The van der Waals surface area contributed by atoms with Gasteiger partial charge >= 0.3 is 6.18 Å². The van der Waals surface area contributed by atoms with Crippen LogP contribution in [0.4, 0.5) is 22.0 Å². The van der Waals surface area contributed by atoms with E-state index in [-0.39, 0.29) is 25.2 Å².